The molecular formula is C6H8ClOV-. The van der Waals surface area contributed by atoms with Crippen molar-refractivity contribution in [1.29, 1.82) is 0 Å². The van der Waals surface area contributed by atoms with Crippen molar-refractivity contribution >= 4 is 11.9 Å². The van der Waals surface area contributed by atoms with Crippen LogP contribution < -0.4 is 0 Å². The molecule has 0 aliphatic heterocycles. The quantitative estimate of drug-likeness (QED) is 0.559. The molecule has 1 aromatic carbocycles. The number of hydrogen-bond donors (Lipinski definition) is 0. The zero-order valence-electron chi connectivity index (χ0n) is 5.12. The Morgan fingerprint density at radius 2 is 1.67 bits per heavy atom. The fourth-order valence-corrected chi connectivity index (χ4v) is 0.321. The van der Waals surface area contributed by atoms with Gasteiger partial charge in [0.05, 0.1) is 19.0 Å². The molecule has 0 saturated heterocycles. The van der Waals surface area contributed by atoms with E-state index in [2.05, 4.69) is 16.2 Å². The van der Waals surface area contributed by atoms with Crippen LogP contribution in [0.25, 0.3) is 0 Å². The van der Waals surface area contributed by atoms with Gasteiger partial charge in [-0.25, -0.2) is 12.1 Å². The van der Waals surface area contributed by atoms with Crippen LogP contribution in [0.4, 0.5) is 0 Å². The van der Waals surface area contributed by atoms with Gasteiger partial charge in [0.15, 0.2) is 0 Å². The van der Waals surface area contributed by atoms with Crippen molar-refractivity contribution in [2.45, 2.75) is 0 Å². The smallest absolute Gasteiger partial charge is 0.0606 e. The minimum absolute atomic E-state index is 0. The van der Waals surface area contributed by atoms with Crippen LogP contribution in [0, 0.1) is 0 Å². The van der Waals surface area contributed by atoms with Crippen molar-refractivity contribution < 1.29 is 22.8 Å². The van der Waals surface area contributed by atoms with E-state index in [1.807, 2.05) is 30.3 Å². The van der Waals surface area contributed by atoms with Crippen molar-refractivity contribution in [3.8, 4) is 0 Å². The average Bonchev–Trinajstić information content (AvgIpc) is 2.17. The van der Waals surface area contributed by atoms with Gasteiger partial charge in [-0.2, -0.15) is 18.2 Å². The second kappa shape index (κ2) is 11.0. The molecule has 0 heterocycles. The van der Waals surface area contributed by atoms with Gasteiger partial charge in [-0.3, -0.25) is 4.29 Å². The van der Waals surface area contributed by atoms with Crippen LogP contribution in [-0.2, 0) is 22.8 Å². The molecule has 1 aromatic rings. The third-order valence-corrected chi connectivity index (χ3v) is 0.556. The summed E-state index contributed by atoms with van der Waals surface area (Å²) in [5.74, 6) is 0. The fourth-order valence-electron chi connectivity index (χ4n) is 0.321. The van der Waals surface area contributed by atoms with E-state index in [9.17, 15) is 0 Å². The van der Waals surface area contributed by atoms with E-state index < -0.39 is 0 Å². The molecule has 3 heteroatoms. The molecule has 9 heavy (non-hydrogen) atoms. The molecule has 0 fully saturated rings. The Bertz CT molecular complexity index is 80.0. The fraction of sp³-hybridized carbons (Fsp3) is 0.167. The van der Waals surface area contributed by atoms with Crippen LogP contribution in [0.15, 0.2) is 30.3 Å². The van der Waals surface area contributed by atoms with Gasteiger partial charge in [0.1, 0.15) is 0 Å². The van der Waals surface area contributed by atoms with Crippen molar-refractivity contribution in [3.05, 3.63) is 30.3 Å². The maximum atomic E-state index is 4.50. The SMILES string of the molecule is COCl.[V].c1cc[cH-]c1. The van der Waals surface area contributed by atoms with Crippen molar-refractivity contribution in [3.63, 3.8) is 0 Å². The van der Waals surface area contributed by atoms with Gasteiger partial charge in [0.25, 0.3) is 0 Å². The molecule has 0 atom stereocenters. The van der Waals surface area contributed by atoms with Crippen LogP contribution in [0.2, 0.25) is 0 Å². The molecule has 51 valence electrons. The van der Waals surface area contributed by atoms with Crippen molar-refractivity contribution in [2.24, 2.45) is 0 Å². The van der Waals surface area contributed by atoms with Crippen LogP contribution in [0.3, 0.4) is 0 Å². The molecule has 1 nitrogen and oxygen atoms in total. The van der Waals surface area contributed by atoms with Gasteiger partial charge in [-0.1, -0.05) is 0 Å². The van der Waals surface area contributed by atoms with Gasteiger partial charge in [0.2, 0.25) is 0 Å². The first-order chi connectivity index (χ1) is 3.91. The molecule has 1 radical (unpaired) electrons. The van der Waals surface area contributed by atoms with Gasteiger partial charge in [-0.05, 0) is 0 Å². The minimum Gasteiger partial charge on any atom is -0.283 e. The van der Waals surface area contributed by atoms with E-state index in [1.54, 1.807) is 0 Å². The Balaban J connectivity index is 0. The maximum absolute atomic E-state index is 4.50. The Morgan fingerprint density at radius 1 is 1.33 bits per heavy atom. The zero-order valence-corrected chi connectivity index (χ0v) is 7.27. The monoisotopic (exact) mass is 182 g/mol. The predicted molar refractivity (Wildman–Crippen MR) is 34.9 cm³/mol. The molecule has 0 aliphatic rings. The van der Waals surface area contributed by atoms with E-state index >= 15 is 0 Å². The summed E-state index contributed by atoms with van der Waals surface area (Å²) in [6.45, 7) is 0. The summed E-state index contributed by atoms with van der Waals surface area (Å²) in [6, 6.07) is 10.0. The van der Waals surface area contributed by atoms with E-state index in [0.717, 1.165) is 0 Å². The van der Waals surface area contributed by atoms with Gasteiger partial charge < -0.3 is 0 Å². The topological polar surface area (TPSA) is 9.23 Å². The van der Waals surface area contributed by atoms with Gasteiger partial charge in [-0.15, -0.1) is 0 Å². The molecule has 0 bridgehead atoms. The van der Waals surface area contributed by atoms with E-state index in [0.29, 0.717) is 0 Å². The Labute approximate surface area is 72.4 Å². The Hall–Kier alpha value is 0.184. The van der Waals surface area contributed by atoms with E-state index in [-0.39, 0.29) is 18.6 Å². The standard InChI is InChI=1S/C5H5.CH3ClO.V/c1-2-4-5-3-1;1-3-2;/h1-5H;1H3;/q-1;;. The number of hydrogen-bond acceptors (Lipinski definition) is 1. The first-order valence-corrected chi connectivity index (χ1v) is 2.54. The summed E-state index contributed by atoms with van der Waals surface area (Å²) in [7, 11) is 1.39. The summed E-state index contributed by atoms with van der Waals surface area (Å²) in [6.07, 6.45) is 0. The number of rotatable bonds is 0. The van der Waals surface area contributed by atoms with Gasteiger partial charge in [0, 0.05) is 18.6 Å². The first-order valence-electron chi connectivity index (χ1n) is 2.23. The Kier molecular flexibility index (Phi) is 14.6. The molecule has 0 N–H and O–H groups in total. The largest absolute Gasteiger partial charge is 0.283 e. The first kappa shape index (κ1) is 11.9. The zero-order chi connectivity index (χ0) is 6.24. The third-order valence-electron chi connectivity index (χ3n) is 0.556. The molecule has 1 rings (SSSR count). The normalized spacial score (nSPS) is 6.44. The summed E-state index contributed by atoms with van der Waals surface area (Å²) >= 11 is 4.50. The van der Waals surface area contributed by atoms with Crippen LogP contribution in [-0.4, -0.2) is 7.11 Å². The third kappa shape index (κ3) is 11.6. The number of halogens is 1. The summed E-state index contributed by atoms with van der Waals surface area (Å²) in [4.78, 5) is 0. The second-order valence-corrected chi connectivity index (χ2v) is 1.43. The molecular weight excluding hydrogens is 174 g/mol. The average molecular weight is 183 g/mol. The van der Waals surface area contributed by atoms with Crippen molar-refractivity contribution in [2.75, 3.05) is 7.11 Å². The molecule has 0 saturated carbocycles. The van der Waals surface area contributed by atoms with E-state index in [1.165, 1.54) is 7.11 Å². The molecule has 0 unspecified atom stereocenters. The Morgan fingerprint density at radius 3 is 1.78 bits per heavy atom. The van der Waals surface area contributed by atoms with Gasteiger partial charge >= 0.3 is 0 Å². The predicted octanol–water partition coefficient (Wildman–Crippen LogP) is 2.19. The van der Waals surface area contributed by atoms with Crippen LogP contribution in [0.1, 0.15) is 0 Å². The maximum Gasteiger partial charge on any atom is 0.0606 e. The summed E-state index contributed by atoms with van der Waals surface area (Å²) < 4.78 is 3.72. The molecule has 0 amide bonds. The van der Waals surface area contributed by atoms with Crippen LogP contribution >= 0.6 is 11.9 Å². The van der Waals surface area contributed by atoms with E-state index in [4.69, 9.17) is 0 Å². The molecule has 0 spiro atoms. The second-order valence-electron chi connectivity index (χ2n) is 1.12. The van der Waals surface area contributed by atoms with Crippen LogP contribution in [0.5, 0.6) is 0 Å². The van der Waals surface area contributed by atoms with Crippen molar-refractivity contribution in [1.82, 2.24) is 0 Å². The minimum atomic E-state index is 0. The molecule has 0 aromatic heterocycles. The summed E-state index contributed by atoms with van der Waals surface area (Å²) in [5.41, 5.74) is 0. The molecule has 0 aliphatic carbocycles. The summed E-state index contributed by atoms with van der Waals surface area (Å²) in [5, 5.41) is 0.